The summed E-state index contributed by atoms with van der Waals surface area (Å²) in [6.45, 7) is 10.8. The Bertz CT molecular complexity index is 471. The number of fused-ring (bicyclic) bond motifs is 1. The van der Waals surface area contributed by atoms with Crippen molar-refractivity contribution in [1.82, 2.24) is 0 Å². The van der Waals surface area contributed by atoms with Gasteiger partial charge in [0.05, 0.1) is 0 Å². The van der Waals surface area contributed by atoms with Gasteiger partial charge in [-0.1, -0.05) is 45.9 Å². The standard InChI is InChI=1S/C18H26N.3CH3.Ti/c1-11-12(2)14(4)17(13(11)3)16-8-6-7-15-9-10-19(5)18(15)16;;;;/h6-8,11-14,17H,5,9-10H2,1-4H3;3*1H3;/q4*-1;+4. The summed E-state index contributed by atoms with van der Waals surface area (Å²) in [5.74, 6) is 3.87. The maximum Gasteiger partial charge on any atom is 4.00 e. The first-order chi connectivity index (χ1) is 9.02. The van der Waals surface area contributed by atoms with Gasteiger partial charge in [0.15, 0.2) is 0 Å². The van der Waals surface area contributed by atoms with Gasteiger partial charge in [0, 0.05) is 5.69 Å². The van der Waals surface area contributed by atoms with Crippen molar-refractivity contribution in [2.24, 2.45) is 23.7 Å². The second-order valence-corrected chi connectivity index (χ2v) is 6.83. The zero-order valence-corrected chi connectivity index (χ0v) is 17.7. The predicted octanol–water partition coefficient (Wildman–Crippen LogP) is 5.83. The van der Waals surface area contributed by atoms with Gasteiger partial charge in [0.2, 0.25) is 0 Å². The molecule has 1 nitrogen and oxygen atoms in total. The van der Waals surface area contributed by atoms with E-state index in [-0.39, 0.29) is 44.0 Å². The summed E-state index contributed by atoms with van der Waals surface area (Å²) in [4.78, 5) is 2.22. The Morgan fingerprint density at radius 2 is 1.43 bits per heavy atom. The molecule has 1 aromatic rings. The monoisotopic (exact) mass is 349 g/mol. The summed E-state index contributed by atoms with van der Waals surface area (Å²) >= 11 is 0. The zero-order valence-electron chi connectivity index (χ0n) is 16.2. The number of nitrogens with zero attached hydrogens (tertiary/aromatic N) is 1. The fraction of sp³-hybridized carbons (Fsp3) is 0.524. The number of anilines is 1. The van der Waals surface area contributed by atoms with Crippen molar-refractivity contribution >= 4 is 5.69 Å². The van der Waals surface area contributed by atoms with Crippen LogP contribution in [0.15, 0.2) is 18.2 Å². The molecule has 4 unspecified atom stereocenters. The van der Waals surface area contributed by atoms with E-state index in [9.17, 15) is 0 Å². The molecule has 2 heteroatoms. The van der Waals surface area contributed by atoms with Gasteiger partial charge in [-0.25, -0.2) is 0 Å². The molecule has 1 aliphatic carbocycles. The summed E-state index contributed by atoms with van der Waals surface area (Å²) in [6, 6.07) is 6.88. The number of rotatable bonds is 1. The van der Waals surface area contributed by atoms with Gasteiger partial charge in [-0.15, -0.1) is 0 Å². The third-order valence-corrected chi connectivity index (χ3v) is 6.10. The summed E-state index contributed by atoms with van der Waals surface area (Å²) in [5.41, 5.74) is 4.49. The van der Waals surface area contributed by atoms with Gasteiger partial charge in [-0.05, 0) is 53.7 Å². The second-order valence-electron chi connectivity index (χ2n) is 6.83. The molecule has 1 aromatic carbocycles. The number of hydrogen-bond acceptors (Lipinski definition) is 1. The van der Waals surface area contributed by atoms with E-state index in [4.69, 9.17) is 0 Å². The molecule has 0 amide bonds. The van der Waals surface area contributed by atoms with Crippen LogP contribution in [0.25, 0.3) is 0 Å². The molecule has 1 heterocycles. The van der Waals surface area contributed by atoms with E-state index < -0.39 is 0 Å². The van der Waals surface area contributed by atoms with Crippen molar-refractivity contribution in [2.75, 3.05) is 11.4 Å². The van der Waals surface area contributed by atoms with E-state index in [0.717, 1.165) is 36.6 Å². The van der Waals surface area contributed by atoms with Crippen molar-refractivity contribution in [2.45, 2.75) is 40.0 Å². The fourth-order valence-electron chi connectivity index (χ4n) is 4.49. The minimum atomic E-state index is 0. The Labute approximate surface area is 161 Å². The van der Waals surface area contributed by atoms with Crippen LogP contribution in [0.1, 0.15) is 44.7 Å². The van der Waals surface area contributed by atoms with Crippen LogP contribution in [0.4, 0.5) is 5.69 Å². The molecule has 1 fully saturated rings. The molecule has 3 rings (SSSR count). The third-order valence-electron chi connectivity index (χ3n) is 6.10. The van der Waals surface area contributed by atoms with Crippen molar-refractivity contribution in [3.63, 3.8) is 0 Å². The van der Waals surface area contributed by atoms with Gasteiger partial charge >= 0.3 is 21.7 Å². The number of hydrogen-bond donors (Lipinski definition) is 0. The third kappa shape index (κ3) is 3.88. The Balaban J connectivity index is 0. The van der Waals surface area contributed by atoms with E-state index in [1.807, 2.05) is 0 Å². The first-order valence-corrected chi connectivity index (χ1v) is 7.72. The van der Waals surface area contributed by atoms with Crippen molar-refractivity contribution in [3.8, 4) is 0 Å². The normalized spacial score (nSPS) is 31.2. The Morgan fingerprint density at radius 1 is 0.913 bits per heavy atom. The average Bonchev–Trinajstić information content (AvgIpc) is 2.86. The molecule has 0 radical (unpaired) electrons. The van der Waals surface area contributed by atoms with Gasteiger partial charge in [-0.3, -0.25) is 7.05 Å². The van der Waals surface area contributed by atoms with Crippen molar-refractivity contribution < 1.29 is 21.7 Å². The largest absolute Gasteiger partial charge is 4.00 e. The molecule has 23 heavy (non-hydrogen) atoms. The van der Waals surface area contributed by atoms with Crippen LogP contribution in [0.2, 0.25) is 0 Å². The van der Waals surface area contributed by atoms with Gasteiger partial charge in [-0.2, -0.15) is 0 Å². The molecule has 1 aliphatic heterocycles. The van der Waals surface area contributed by atoms with Crippen LogP contribution in [0.5, 0.6) is 0 Å². The first kappa shape index (κ1) is 25.0. The molecule has 0 N–H and O–H groups in total. The Hall–Kier alpha value is -0.266. The van der Waals surface area contributed by atoms with E-state index in [1.54, 1.807) is 5.56 Å². The SMILES string of the molecule is [CH2-]N1CCc2cccc(C3C(C)C(C)C(C)C3C)c21.[CH3-].[CH3-].[CH3-].[Ti+4]. The number of para-hydroxylation sites is 1. The Kier molecular flexibility index (Phi) is 10.1. The van der Waals surface area contributed by atoms with Crippen LogP contribution >= 0.6 is 0 Å². The Morgan fingerprint density at radius 3 is 1.96 bits per heavy atom. The molecule has 0 bridgehead atoms. The summed E-state index contributed by atoms with van der Waals surface area (Å²) in [6.07, 6.45) is 1.16. The molecule has 0 aromatic heterocycles. The maximum atomic E-state index is 4.23. The van der Waals surface area contributed by atoms with Crippen LogP contribution in [0.3, 0.4) is 0 Å². The molecule has 0 saturated heterocycles. The summed E-state index contributed by atoms with van der Waals surface area (Å²) < 4.78 is 0. The fourth-order valence-corrected chi connectivity index (χ4v) is 4.49. The van der Waals surface area contributed by atoms with E-state index in [0.29, 0.717) is 5.92 Å². The van der Waals surface area contributed by atoms with Gasteiger partial charge in [0.25, 0.3) is 0 Å². The molecule has 4 atom stereocenters. The smallest absolute Gasteiger partial charge is 0.524 e. The molecule has 0 spiro atoms. The first-order valence-electron chi connectivity index (χ1n) is 7.72. The van der Waals surface area contributed by atoms with Crippen LogP contribution in [0, 0.1) is 53.0 Å². The van der Waals surface area contributed by atoms with Crippen LogP contribution in [-0.2, 0) is 28.1 Å². The quantitative estimate of drug-likeness (QED) is 0.455. The maximum absolute atomic E-state index is 4.23. The summed E-state index contributed by atoms with van der Waals surface area (Å²) in [5, 5.41) is 0. The van der Waals surface area contributed by atoms with Gasteiger partial charge in [0.1, 0.15) is 0 Å². The van der Waals surface area contributed by atoms with Crippen molar-refractivity contribution in [1.29, 1.82) is 0 Å². The van der Waals surface area contributed by atoms with Crippen LogP contribution in [-0.4, -0.2) is 6.54 Å². The molecule has 128 valence electrons. The minimum absolute atomic E-state index is 0. The number of benzene rings is 1. The molecule has 1 saturated carbocycles. The predicted molar refractivity (Wildman–Crippen MR) is 101 cm³/mol. The van der Waals surface area contributed by atoms with E-state index in [2.05, 4.69) is 57.8 Å². The average molecular weight is 349 g/mol. The molecular formula is C21H35NTi. The van der Waals surface area contributed by atoms with Crippen molar-refractivity contribution in [3.05, 3.63) is 58.7 Å². The van der Waals surface area contributed by atoms with E-state index >= 15 is 0 Å². The second kappa shape index (κ2) is 9.28. The zero-order chi connectivity index (χ0) is 13.7. The van der Waals surface area contributed by atoms with Gasteiger partial charge < -0.3 is 27.2 Å². The minimum Gasteiger partial charge on any atom is -0.524 e. The topological polar surface area (TPSA) is 3.24 Å². The summed E-state index contributed by atoms with van der Waals surface area (Å²) in [7, 11) is 4.23. The molecular weight excluding hydrogens is 314 g/mol. The van der Waals surface area contributed by atoms with Crippen LogP contribution < -0.4 is 4.90 Å². The van der Waals surface area contributed by atoms with E-state index in [1.165, 1.54) is 11.3 Å². The molecule has 2 aliphatic rings.